The fraction of sp³-hybridized carbons (Fsp3) is 0.500. The van der Waals surface area contributed by atoms with Crippen LogP contribution in [0.5, 0.6) is 5.75 Å². The topological polar surface area (TPSA) is 21.3 Å². The Kier molecular flexibility index (Phi) is 1.95. The minimum Gasteiger partial charge on any atom is -0.497 e. The monoisotopic (exact) mass is 191 g/mol. The van der Waals surface area contributed by atoms with Crippen LogP contribution in [0.3, 0.4) is 0 Å². The van der Waals surface area contributed by atoms with Gasteiger partial charge in [-0.15, -0.1) is 0 Å². The second kappa shape index (κ2) is 2.91. The van der Waals surface area contributed by atoms with Crippen LogP contribution in [0.1, 0.15) is 26.3 Å². The zero-order chi connectivity index (χ0) is 10.3. The molecule has 0 spiro atoms. The van der Waals surface area contributed by atoms with Crippen LogP contribution in [-0.4, -0.2) is 13.2 Å². The average molecular weight is 191 g/mol. The van der Waals surface area contributed by atoms with E-state index < -0.39 is 0 Å². The van der Waals surface area contributed by atoms with Gasteiger partial charge in [0.05, 0.1) is 7.11 Å². The highest BCUT2D eigenvalue weighted by Gasteiger charge is 2.36. The molecule has 0 saturated carbocycles. The zero-order valence-electron chi connectivity index (χ0n) is 9.22. The summed E-state index contributed by atoms with van der Waals surface area (Å²) in [4.78, 5) is 0. The molecular formula is C12H17NO. The van der Waals surface area contributed by atoms with Crippen molar-refractivity contribution in [3.05, 3.63) is 23.8 Å². The number of hydrogen-bond donors (Lipinski definition) is 1. The van der Waals surface area contributed by atoms with Crippen LogP contribution in [0.15, 0.2) is 18.2 Å². The van der Waals surface area contributed by atoms with Crippen molar-refractivity contribution in [1.29, 1.82) is 0 Å². The van der Waals surface area contributed by atoms with E-state index in [2.05, 4.69) is 38.2 Å². The number of methoxy groups -OCH3 is 1. The molecule has 1 aromatic rings. The maximum atomic E-state index is 5.24. The van der Waals surface area contributed by atoms with Crippen molar-refractivity contribution in [3.8, 4) is 5.75 Å². The Morgan fingerprint density at radius 1 is 1.36 bits per heavy atom. The van der Waals surface area contributed by atoms with Gasteiger partial charge in [-0.05, 0) is 30.7 Å². The molecule has 1 unspecified atom stereocenters. The molecule has 1 atom stereocenters. The minimum atomic E-state index is 0.184. The van der Waals surface area contributed by atoms with Gasteiger partial charge in [-0.25, -0.2) is 0 Å². The molecule has 2 rings (SSSR count). The van der Waals surface area contributed by atoms with E-state index in [1.54, 1.807) is 7.11 Å². The van der Waals surface area contributed by atoms with Gasteiger partial charge in [-0.1, -0.05) is 13.8 Å². The molecule has 1 heterocycles. The quantitative estimate of drug-likeness (QED) is 0.737. The van der Waals surface area contributed by atoms with Gasteiger partial charge in [0.1, 0.15) is 5.75 Å². The SMILES string of the molecule is COc1ccc2c(c1)C(C)(C)C(C)N2. The fourth-order valence-corrected chi connectivity index (χ4v) is 1.96. The lowest BCUT2D eigenvalue weighted by molar-refractivity contribution is 0.412. The largest absolute Gasteiger partial charge is 0.497 e. The molecule has 2 nitrogen and oxygen atoms in total. The molecule has 1 aliphatic heterocycles. The maximum absolute atomic E-state index is 5.24. The standard InChI is InChI=1S/C12H17NO/c1-8-12(2,3)10-7-9(14-4)5-6-11(10)13-8/h5-8,13H,1-4H3. The highest BCUT2D eigenvalue weighted by atomic mass is 16.5. The first-order valence-electron chi connectivity index (χ1n) is 5.01. The van der Waals surface area contributed by atoms with Crippen molar-refractivity contribution in [2.45, 2.75) is 32.2 Å². The Hall–Kier alpha value is -1.18. The Balaban J connectivity index is 2.51. The maximum Gasteiger partial charge on any atom is 0.119 e. The van der Waals surface area contributed by atoms with E-state index in [1.807, 2.05) is 6.07 Å². The van der Waals surface area contributed by atoms with Crippen molar-refractivity contribution >= 4 is 5.69 Å². The molecule has 14 heavy (non-hydrogen) atoms. The molecule has 1 aromatic carbocycles. The molecule has 76 valence electrons. The van der Waals surface area contributed by atoms with Gasteiger partial charge in [0, 0.05) is 17.1 Å². The average Bonchev–Trinajstić information content (AvgIpc) is 2.38. The lowest BCUT2D eigenvalue weighted by atomic mass is 9.81. The zero-order valence-corrected chi connectivity index (χ0v) is 9.22. The molecule has 0 amide bonds. The third-order valence-electron chi connectivity index (χ3n) is 3.38. The number of hydrogen-bond acceptors (Lipinski definition) is 2. The Morgan fingerprint density at radius 3 is 2.71 bits per heavy atom. The third kappa shape index (κ3) is 1.17. The van der Waals surface area contributed by atoms with Gasteiger partial charge in [-0.3, -0.25) is 0 Å². The number of fused-ring (bicyclic) bond motifs is 1. The summed E-state index contributed by atoms with van der Waals surface area (Å²) in [5.74, 6) is 0.938. The molecule has 0 aromatic heterocycles. The Morgan fingerprint density at radius 2 is 2.07 bits per heavy atom. The molecule has 0 bridgehead atoms. The molecule has 0 aliphatic carbocycles. The van der Waals surface area contributed by atoms with Crippen LogP contribution >= 0.6 is 0 Å². The molecule has 1 N–H and O–H groups in total. The third-order valence-corrected chi connectivity index (χ3v) is 3.38. The van der Waals surface area contributed by atoms with Gasteiger partial charge < -0.3 is 10.1 Å². The summed E-state index contributed by atoms with van der Waals surface area (Å²) in [7, 11) is 1.71. The van der Waals surface area contributed by atoms with Crippen LogP contribution in [0.25, 0.3) is 0 Å². The normalized spacial score (nSPS) is 22.7. The van der Waals surface area contributed by atoms with Gasteiger partial charge in [0.25, 0.3) is 0 Å². The number of nitrogens with one attached hydrogen (secondary N) is 1. The summed E-state index contributed by atoms with van der Waals surface area (Å²) in [5.41, 5.74) is 2.77. The van der Waals surface area contributed by atoms with E-state index in [0.717, 1.165) is 5.75 Å². The number of anilines is 1. The predicted octanol–water partition coefficient (Wildman–Crippen LogP) is 2.79. The van der Waals surface area contributed by atoms with Crippen LogP contribution in [0, 0.1) is 0 Å². The number of ether oxygens (including phenoxy) is 1. The molecule has 0 radical (unpaired) electrons. The smallest absolute Gasteiger partial charge is 0.119 e. The van der Waals surface area contributed by atoms with Gasteiger partial charge in [-0.2, -0.15) is 0 Å². The molecular weight excluding hydrogens is 174 g/mol. The van der Waals surface area contributed by atoms with Crippen molar-refractivity contribution in [1.82, 2.24) is 0 Å². The predicted molar refractivity (Wildman–Crippen MR) is 59.1 cm³/mol. The lowest BCUT2D eigenvalue weighted by Crippen LogP contribution is -2.29. The highest BCUT2D eigenvalue weighted by molar-refractivity contribution is 5.63. The van der Waals surface area contributed by atoms with Crippen LogP contribution in [0.4, 0.5) is 5.69 Å². The van der Waals surface area contributed by atoms with Crippen LogP contribution < -0.4 is 10.1 Å². The van der Waals surface area contributed by atoms with Crippen molar-refractivity contribution in [3.63, 3.8) is 0 Å². The summed E-state index contributed by atoms with van der Waals surface area (Å²) < 4.78 is 5.24. The summed E-state index contributed by atoms with van der Waals surface area (Å²) in [5, 5.41) is 3.48. The van der Waals surface area contributed by atoms with Crippen LogP contribution in [-0.2, 0) is 5.41 Å². The van der Waals surface area contributed by atoms with Crippen molar-refractivity contribution in [2.75, 3.05) is 12.4 Å². The van der Waals surface area contributed by atoms with E-state index in [0.29, 0.717) is 6.04 Å². The first-order chi connectivity index (χ1) is 6.55. The Bertz CT molecular complexity index is 357. The van der Waals surface area contributed by atoms with Crippen molar-refractivity contribution < 1.29 is 4.74 Å². The van der Waals surface area contributed by atoms with E-state index in [-0.39, 0.29) is 5.41 Å². The second-order valence-corrected chi connectivity index (χ2v) is 4.50. The van der Waals surface area contributed by atoms with Gasteiger partial charge >= 0.3 is 0 Å². The van der Waals surface area contributed by atoms with E-state index in [1.165, 1.54) is 11.3 Å². The Labute approximate surface area is 85.3 Å². The summed E-state index contributed by atoms with van der Waals surface area (Å²) >= 11 is 0. The lowest BCUT2D eigenvalue weighted by Gasteiger charge is -2.24. The van der Waals surface area contributed by atoms with E-state index in [9.17, 15) is 0 Å². The molecule has 2 heteroatoms. The highest BCUT2D eigenvalue weighted by Crippen LogP contribution is 2.41. The van der Waals surface area contributed by atoms with E-state index >= 15 is 0 Å². The number of rotatable bonds is 1. The van der Waals surface area contributed by atoms with Crippen LogP contribution in [0.2, 0.25) is 0 Å². The summed E-state index contributed by atoms with van der Waals surface area (Å²) in [6, 6.07) is 6.70. The van der Waals surface area contributed by atoms with Gasteiger partial charge in [0.2, 0.25) is 0 Å². The second-order valence-electron chi connectivity index (χ2n) is 4.50. The molecule has 0 fully saturated rings. The minimum absolute atomic E-state index is 0.184. The first kappa shape index (κ1) is 9.38. The molecule has 1 aliphatic rings. The van der Waals surface area contributed by atoms with Crippen molar-refractivity contribution in [2.24, 2.45) is 0 Å². The fourth-order valence-electron chi connectivity index (χ4n) is 1.96. The van der Waals surface area contributed by atoms with Gasteiger partial charge in [0.15, 0.2) is 0 Å². The van der Waals surface area contributed by atoms with E-state index in [4.69, 9.17) is 4.74 Å². The molecule has 0 saturated heterocycles. The summed E-state index contributed by atoms with van der Waals surface area (Å²) in [6.45, 7) is 6.73. The summed E-state index contributed by atoms with van der Waals surface area (Å²) in [6.07, 6.45) is 0. The first-order valence-corrected chi connectivity index (χ1v) is 5.01. The number of benzene rings is 1.